The summed E-state index contributed by atoms with van der Waals surface area (Å²) in [7, 11) is 0. The number of nitrogens with zero attached hydrogens (tertiary/aromatic N) is 3. The lowest BCUT2D eigenvalue weighted by molar-refractivity contribution is 0.0908. The van der Waals surface area contributed by atoms with Gasteiger partial charge in [0.25, 0.3) is 5.91 Å². The lowest BCUT2D eigenvalue weighted by Crippen LogP contribution is -2.50. The number of piperazine rings is 1. The van der Waals surface area contributed by atoms with Crippen molar-refractivity contribution in [1.29, 1.82) is 0 Å². The van der Waals surface area contributed by atoms with Gasteiger partial charge in [0.05, 0.1) is 0 Å². The van der Waals surface area contributed by atoms with Gasteiger partial charge in [0, 0.05) is 74.2 Å². The third-order valence-electron chi connectivity index (χ3n) is 9.06. The number of hydrogen-bond acceptors (Lipinski definition) is 4. The number of rotatable bonds is 9. The summed E-state index contributed by atoms with van der Waals surface area (Å²) in [5.74, 6) is -0.252. The van der Waals surface area contributed by atoms with E-state index >= 15 is 0 Å². The Bertz CT molecular complexity index is 1490. The highest BCUT2D eigenvalue weighted by molar-refractivity contribution is 6.31. The van der Waals surface area contributed by atoms with Crippen molar-refractivity contribution in [2.45, 2.75) is 57.8 Å². The van der Waals surface area contributed by atoms with E-state index in [-0.39, 0.29) is 17.8 Å². The Morgan fingerprint density at radius 3 is 2.32 bits per heavy atom. The first-order valence-corrected chi connectivity index (χ1v) is 16.3. The number of nitrogens with one attached hydrogen (secondary N) is 1. The Balaban J connectivity index is 1.08. The quantitative estimate of drug-likeness (QED) is 0.279. The summed E-state index contributed by atoms with van der Waals surface area (Å²) in [6.07, 6.45) is 8.41. The molecule has 0 bridgehead atoms. The van der Waals surface area contributed by atoms with E-state index in [4.69, 9.17) is 11.6 Å². The van der Waals surface area contributed by atoms with Gasteiger partial charge >= 0.3 is 0 Å². The van der Waals surface area contributed by atoms with Gasteiger partial charge in [-0.15, -0.1) is 0 Å². The highest BCUT2D eigenvalue weighted by Crippen LogP contribution is 2.36. The first kappa shape index (κ1) is 30.6. The lowest BCUT2D eigenvalue weighted by atomic mass is 10.0. The van der Waals surface area contributed by atoms with Crippen LogP contribution >= 0.6 is 11.6 Å². The number of piperidine rings is 1. The lowest BCUT2D eigenvalue weighted by Gasteiger charge is -2.42. The number of carbonyl (C=O) groups is 1. The molecule has 1 atom stereocenters. The van der Waals surface area contributed by atoms with Gasteiger partial charge in [-0.25, -0.2) is 4.39 Å². The molecule has 230 valence electrons. The standard InChI is InChI=1S/C37H42ClFN4O/c1-27-24-42(26-29-7-14-33(39)15-8-29)21-22-43(27)36(31-9-10-31)16-12-30-11-13-32(38)23-35(30)37(44)40-34-17-19-41(20-18-34)25-28-5-3-2-4-6-28/h2-8,11-16,23,27,34H,9-10,17-22,24-26H2,1H3,(H,40,44)/b16-12+. The van der Waals surface area contributed by atoms with Crippen molar-refractivity contribution in [2.75, 3.05) is 32.7 Å². The molecule has 3 aromatic rings. The Morgan fingerprint density at radius 2 is 1.61 bits per heavy atom. The van der Waals surface area contributed by atoms with Gasteiger partial charge in [0.2, 0.25) is 0 Å². The van der Waals surface area contributed by atoms with Crippen molar-refractivity contribution in [3.8, 4) is 0 Å². The summed E-state index contributed by atoms with van der Waals surface area (Å²) in [4.78, 5) is 21.0. The summed E-state index contributed by atoms with van der Waals surface area (Å²) in [5, 5.41) is 3.87. The fourth-order valence-corrected chi connectivity index (χ4v) is 6.67. The maximum Gasteiger partial charge on any atom is 0.252 e. The molecule has 1 aliphatic carbocycles. The predicted octanol–water partition coefficient (Wildman–Crippen LogP) is 7.14. The first-order valence-electron chi connectivity index (χ1n) is 15.9. The van der Waals surface area contributed by atoms with Crippen molar-refractivity contribution in [3.63, 3.8) is 0 Å². The number of likely N-dealkylation sites (tertiary alicyclic amines) is 1. The third-order valence-corrected chi connectivity index (χ3v) is 9.29. The van der Waals surface area contributed by atoms with Crippen LogP contribution in [0.4, 0.5) is 4.39 Å². The van der Waals surface area contributed by atoms with Crippen molar-refractivity contribution >= 4 is 23.6 Å². The number of benzene rings is 3. The molecule has 6 rings (SSSR count). The van der Waals surface area contributed by atoms with Gasteiger partial charge in [-0.05, 0) is 85.2 Å². The summed E-state index contributed by atoms with van der Waals surface area (Å²) >= 11 is 6.39. The molecule has 3 fully saturated rings. The van der Waals surface area contributed by atoms with Crippen LogP contribution in [0.15, 0.2) is 90.1 Å². The van der Waals surface area contributed by atoms with Crippen LogP contribution in [0.3, 0.4) is 0 Å². The van der Waals surface area contributed by atoms with E-state index in [0.717, 1.165) is 82.6 Å². The molecule has 3 aliphatic rings. The molecule has 1 N–H and O–H groups in total. The molecule has 44 heavy (non-hydrogen) atoms. The molecule has 0 spiro atoms. The number of amides is 1. The Kier molecular flexibility index (Phi) is 9.80. The molecule has 0 radical (unpaired) electrons. The number of halogens is 2. The van der Waals surface area contributed by atoms with Gasteiger partial charge in [0.15, 0.2) is 0 Å². The van der Waals surface area contributed by atoms with Gasteiger partial charge in [-0.3, -0.25) is 14.6 Å². The fourth-order valence-electron chi connectivity index (χ4n) is 6.50. The molecule has 1 unspecified atom stereocenters. The molecule has 1 saturated carbocycles. The first-order chi connectivity index (χ1) is 21.4. The van der Waals surface area contributed by atoms with Crippen LogP contribution in [0.25, 0.3) is 6.08 Å². The zero-order valence-electron chi connectivity index (χ0n) is 25.5. The van der Waals surface area contributed by atoms with Gasteiger partial charge in [0.1, 0.15) is 5.82 Å². The van der Waals surface area contributed by atoms with Gasteiger partial charge in [-0.2, -0.15) is 0 Å². The summed E-state index contributed by atoms with van der Waals surface area (Å²) in [5.41, 5.74) is 6.73. The van der Waals surface area contributed by atoms with Crippen LogP contribution in [0.5, 0.6) is 0 Å². The summed E-state index contributed by atoms with van der Waals surface area (Å²) in [6, 6.07) is 23.5. The normalized spacial score (nSPS) is 19.8. The monoisotopic (exact) mass is 612 g/mol. The van der Waals surface area contributed by atoms with Crippen LogP contribution in [0.2, 0.25) is 5.02 Å². The molecular formula is C37H42ClFN4O. The number of hydrogen-bond donors (Lipinski definition) is 1. The molecule has 0 aromatic heterocycles. The third kappa shape index (κ3) is 7.98. The minimum atomic E-state index is -0.194. The topological polar surface area (TPSA) is 38.8 Å². The molecule has 7 heteroatoms. The average Bonchev–Trinajstić information content (AvgIpc) is 3.87. The van der Waals surface area contributed by atoms with Gasteiger partial charge in [-0.1, -0.05) is 66.2 Å². The Hall–Kier alpha value is -3.45. The second-order valence-electron chi connectivity index (χ2n) is 12.5. The highest BCUT2D eigenvalue weighted by Gasteiger charge is 2.29. The predicted molar refractivity (Wildman–Crippen MR) is 177 cm³/mol. The Labute approximate surface area is 266 Å². The number of carbonyl (C=O) groups excluding carboxylic acids is 1. The highest BCUT2D eigenvalue weighted by atomic mass is 35.5. The average molecular weight is 613 g/mol. The van der Waals surface area contributed by atoms with Crippen LogP contribution in [-0.2, 0) is 13.1 Å². The van der Waals surface area contributed by atoms with E-state index in [2.05, 4.69) is 69.4 Å². The van der Waals surface area contributed by atoms with E-state index < -0.39 is 0 Å². The molecule has 1 amide bonds. The zero-order valence-corrected chi connectivity index (χ0v) is 26.3. The minimum absolute atomic E-state index is 0.0583. The van der Waals surface area contributed by atoms with Crippen LogP contribution < -0.4 is 5.32 Å². The number of allylic oxidation sites excluding steroid dienone is 2. The van der Waals surface area contributed by atoms with Crippen LogP contribution in [-0.4, -0.2) is 65.4 Å². The van der Waals surface area contributed by atoms with E-state index in [1.165, 1.54) is 29.0 Å². The molecule has 2 heterocycles. The van der Waals surface area contributed by atoms with Crippen LogP contribution in [0.1, 0.15) is 59.7 Å². The molecular weight excluding hydrogens is 571 g/mol. The van der Waals surface area contributed by atoms with E-state index in [0.29, 0.717) is 16.6 Å². The summed E-state index contributed by atoms with van der Waals surface area (Å²) < 4.78 is 13.4. The molecule has 5 nitrogen and oxygen atoms in total. The van der Waals surface area contributed by atoms with E-state index in [1.807, 2.05) is 24.3 Å². The van der Waals surface area contributed by atoms with Gasteiger partial charge < -0.3 is 10.2 Å². The maximum absolute atomic E-state index is 13.5. The maximum atomic E-state index is 13.5. The van der Waals surface area contributed by atoms with E-state index in [1.54, 1.807) is 6.07 Å². The largest absolute Gasteiger partial charge is 0.366 e. The van der Waals surface area contributed by atoms with Crippen molar-refractivity contribution in [3.05, 3.63) is 123 Å². The minimum Gasteiger partial charge on any atom is -0.366 e. The second-order valence-corrected chi connectivity index (χ2v) is 12.9. The van der Waals surface area contributed by atoms with E-state index in [9.17, 15) is 9.18 Å². The van der Waals surface area contributed by atoms with Crippen molar-refractivity contribution < 1.29 is 9.18 Å². The van der Waals surface area contributed by atoms with Crippen molar-refractivity contribution in [2.24, 2.45) is 0 Å². The smallest absolute Gasteiger partial charge is 0.252 e. The molecule has 2 aliphatic heterocycles. The SMILES string of the molecule is CC1CN(Cc2ccc(F)cc2)CCN1C(/C=C/c1ccc(Cl)cc1C(=O)NC1CCN(Cc2ccccc2)CC1)=C1CC1. The van der Waals surface area contributed by atoms with Crippen molar-refractivity contribution in [1.82, 2.24) is 20.0 Å². The fraction of sp³-hybridized carbons (Fsp3) is 0.378. The molecule has 2 saturated heterocycles. The van der Waals surface area contributed by atoms with Crippen LogP contribution in [0, 0.1) is 5.82 Å². The Morgan fingerprint density at radius 1 is 0.909 bits per heavy atom. The second kappa shape index (κ2) is 14.1. The summed E-state index contributed by atoms with van der Waals surface area (Å²) in [6.45, 7) is 8.82. The zero-order chi connectivity index (χ0) is 30.5. The molecule has 3 aromatic carbocycles.